The van der Waals surface area contributed by atoms with Crippen LogP contribution < -0.4 is 4.72 Å². The molecule has 0 fully saturated rings. The van der Waals surface area contributed by atoms with E-state index in [0.717, 1.165) is 22.8 Å². The van der Waals surface area contributed by atoms with Gasteiger partial charge in [0.15, 0.2) is 0 Å². The second kappa shape index (κ2) is 8.19. The predicted octanol–water partition coefficient (Wildman–Crippen LogP) is 4.27. The molecule has 1 heterocycles. The van der Waals surface area contributed by atoms with Crippen molar-refractivity contribution in [3.63, 3.8) is 0 Å². The first-order valence-corrected chi connectivity index (χ1v) is 11.2. The van der Waals surface area contributed by atoms with Crippen LogP contribution in [0.5, 0.6) is 0 Å². The standard InChI is InChI=1S/C20H23N3O2S2/c1-15-20(16(2)23(3)21-15)22-27(24,25)19-11-9-18(10-12-19)14-26-13-17-7-5-4-6-8-17/h4-12,22H,13-14H2,1-3H3. The van der Waals surface area contributed by atoms with Crippen molar-refractivity contribution in [3.05, 3.63) is 77.1 Å². The molecule has 0 aliphatic rings. The Morgan fingerprint density at radius 2 is 1.56 bits per heavy atom. The van der Waals surface area contributed by atoms with Crippen LogP contribution in [-0.4, -0.2) is 18.2 Å². The Labute approximate surface area is 164 Å². The molecule has 0 aliphatic heterocycles. The Kier molecular flexibility index (Phi) is 5.92. The molecule has 7 heteroatoms. The second-order valence-corrected chi connectivity index (χ2v) is 9.07. The van der Waals surface area contributed by atoms with Gasteiger partial charge in [-0.25, -0.2) is 8.42 Å². The van der Waals surface area contributed by atoms with E-state index in [1.54, 1.807) is 42.5 Å². The molecule has 0 saturated carbocycles. The molecule has 5 nitrogen and oxygen atoms in total. The van der Waals surface area contributed by atoms with Gasteiger partial charge in [-0.05, 0) is 37.1 Å². The van der Waals surface area contributed by atoms with Gasteiger partial charge in [0.05, 0.1) is 22.0 Å². The van der Waals surface area contributed by atoms with E-state index in [-0.39, 0.29) is 4.90 Å². The Bertz CT molecular complexity index is 1010. The van der Waals surface area contributed by atoms with Gasteiger partial charge in [0, 0.05) is 18.6 Å². The fourth-order valence-corrected chi connectivity index (χ4v) is 4.88. The van der Waals surface area contributed by atoms with E-state index in [2.05, 4.69) is 22.0 Å². The second-order valence-electron chi connectivity index (χ2n) is 6.40. The maximum atomic E-state index is 12.7. The van der Waals surface area contributed by atoms with E-state index < -0.39 is 10.0 Å². The van der Waals surface area contributed by atoms with Crippen molar-refractivity contribution < 1.29 is 8.42 Å². The van der Waals surface area contributed by atoms with Gasteiger partial charge in [-0.2, -0.15) is 16.9 Å². The van der Waals surface area contributed by atoms with E-state index in [1.165, 1.54) is 5.56 Å². The highest BCUT2D eigenvalue weighted by Gasteiger charge is 2.19. The van der Waals surface area contributed by atoms with Gasteiger partial charge < -0.3 is 0 Å². The van der Waals surface area contributed by atoms with Crippen LogP contribution in [0.3, 0.4) is 0 Å². The van der Waals surface area contributed by atoms with E-state index in [1.807, 2.05) is 37.3 Å². The lowest BCUT2D eigenvalue weighted by Gasteiger charge is -2.09. The lowest BCUT2D eigenvalue weighted by molar-refractivity contribution is 0.601. The molecule has 0 bridgehead atoms. The molecular formula is C20H23N3O2S2. The molecule has 3 rings (SSSR count). The van der Waals surface area contributed by atoms with E-state index in [9.17, 15) is 8.42 Å². The smallest absolute Gasteiger partial charge is 0.262 e. The number of nitrogens with one attached hydrogen (secondary N) is 1. The zero-order valence-electron chi connectivity index (χ0n) is 15.6. The number of hydrogen-bond acceptors (Lipinski definition) is 4. The summed E-state index contributed by atoms with van der Waals surface area (Å²) < 4.78 is 29.7. The predicted molar refractivity (Wildman–Crippen MR) is 111 cm³/mol. The van der Waals surface area contributed by atoms with Crippen molar-refractivity contribution in [2.24, 2.45) is 7.05 Å². The van der Waals surface area contributed by atoms with Crippen LogP contribution in [-0.2, 0) is 28.6 Å². The summed E-state index contributed by atoms with van der Waals surface area (Å²) in [6, 6.07) is 17.3. The average molecular weight is 402 g/mol. The van der Waals surface area contributed by atoms with Gasteiger partial charge in [0.25, 0.3) is 10.0 Å². The Hall–Kier alpha value is -2.25. The highest BCUT2D eigenvalue weighted by Crippen LogP contribution is 2.24. The summed E-state index contributed by atoms with van der Waals surface area (Å²) in [5.74, 6) is 1.77. The molecular weight excluding hydrogens is 378 g/mol. The molecule has 0 radical (unpaired) electrons. The number of thioether (sulfide) groups is 1. The van der Waals surface area contributed by atoms with Crippen LogP contribution in [0.25, 0.3) is 0 Å². The number of aryl methyl sites for hydroxylation is 2. The van der Waals surface area contributed by atoms with E-state index >= 15 is 0 Å². The third kappa shape index (κ3) is 4.73. The highest BCUT2D eigenvalue weighted by molar-refractivity contribution is 7.97. The number of benzene rings is 2. The summed E-state index contributed by atoms with van der Waals surface area (Å²) in [5.41, 5.74) is 4.37. The van der Waals surface area contributed by atoms with Crippen molar-refractivity contribution in [1.29, 1.82) is 0 Å². The summed E-state index contributed by atoms with van der Waals surface area (Å²) in [6.07, 6.45) is 0. The highest BCUT2D eigenvalue weighted by atomic mass is 32.2. The van der Waals surface area contributed by atoms with Crippen molar-refractivity contribution in [2.45, 2.75) is 30.2 Å². The lowest BCUT2D eigenvalue weighted by Crippen LogP contribution is -2.14. The molecule has 2 aromatic carbocycles. The zero-order valence-corrected chi connectivity index (χ0v) is 17.3. The Morgan fingerprint density at radius 1 is 0.963 bits per heavy atom. The lowest BCUT2D eigenvalue weighted by atomic mass is 10.2. The third-order valence-electron chi connectivity index (χ3n) is 4.36. The fraction of sp³-hybridized carbons (Fsp3) is 0.250. The van der Waals surface area contributed by atoms with Gasteiger partial charge in [0.2, 0.25) is 0 Å². The summed E-state index contributed by atoms with van der Waals surface area (Å²) >= 11 is 1.81. The van der Waals surface area contributed by atoms with E-state index in [0.29, 0.717) is 11.4 Å². The zero-order chi connectivity index (χ0) is 19.4. The molecule has 0 atom stereocenters. The average Bonchev–Trinajstić information content (AvgIpc) is 2.89. The van der Waals surface area contributed by atoms with Crippen LogP contribution >= 0.6 is 11.8 Å². The first-order valence-electron chi connectivity index (χ1n) is 8.60. The minimum absolute atomic E-state index is 0.252. The van der Waals surface area contributed by atoms with Crippen LogP contribution in [0.4, 0.5) is 5.69 Å². The molecule has 1 aromatic heterocycles. The molecule has 142 valence electrons. The minimum atomic E-state index is -3.64. The SMILES string of the molecule is Cc1nn(C)c(C)c1NS(=O)(=O)c1ccc(CSCc2ccccc2)cc1. The molecule has 27 heavy (non-hydrogen) atoms. The topological polar surface area (TPSA) is 64.0 Å². The fourth-order valence-electron chi connectivity index (χ4n) is 2.74. The van der Waals surface area contributed by atoms with Crippen molar-refractivity contribution >= 4 is 27.5 Å². The number of hydrogen-bond donors (Lipinski definition) is 1. The Morgan fingerprint density at radius 3 is 2.11 bits per heavy atom. The van der Waals surface area contributed by atoms with Crippen LogP contribution in [0.15, 0.2) is 59.5 Å². The first-order chi connectivity index (χ1) is 12.9. The molecule has 0 amide bonds. The van der Waals surface area contributed by atoms with Gasteiger partial charge in [-0.3, -0.25) is 9.40 Å². The molecule has 0 unspecified atom stereocenters. The summed E-state index contributed by atoms with van der Waals surface area (Å²) in [7, 11) is -1.84. The molecule has 3 aromatic rings. The molecule has 0 saturated heterocycles. The third-order valence-corrected chi connectivity index (χ3v) is 6.80. The van der Waals surface area contributed by atoms with Gasteiger partial charge >= 0.3 is 0 Å². The van der Waals surface area contributed by atoms with Gasteiger partial charge in [-0.1, -0.05) is 42.5 Å². The number of rotatable bonds is 7. The molecule has 0 aliphatic carbocycles. The van der Waals surface area contributed by atoms with Crippen LogP contribution in [0.1, 0.15) is 22.5 Å². The molecule has 1 N–H and O–H groups in total. The van der Waals surface area contributed by atoms with Gasteiger partial charge in [-0.15, -0.1) is 0 Å². The maximum absolute atomic E-state index is 12.7. The first kappa shape index (κ1) is 19.5. The minimum Gasteiger partial charge on any atom is -0.276 e. The van der Waals surface area contributed by atoms with Crippen molar-refractivity contribution in [2.75, 3.05) is 4.72 Å². The quantitative estimate of drug-likeness (QED) is 0.642. The summed E-state index contributed by atoms with van der Waals surface area (Å²) in [5, 5.41) is 4.25. The summed E-state index contributed by atoms with van der Waals surface area (Å²) in [6.45, 7) is 3.63. The Balaban J connectivity index is 1.65. The van der Waals surface area contributed by atoms with Crippen LogP contribution in [0.2, 0.25) is 0 Å². The number of aromatic nitrogens is 2. The maximum Gasteiger partial charge on any atom is 0.262 e. The largest absolute Gasteiger partial charge is 0.276 e. The van der Waals surface area contributed by atoms with Crippen molar-refractivity contribution in [3.8, 4) is 0 Å². The number of nitrogens with zero attached hydrogens (tertiary/aromatic N) is 2. The van der Waals surface area contributed by atoms with Crippen molar-refractivity contribution in [1.82, 2.24) is 9.78 Å². The number of anilines is 1. The monoisotopic (exact) mass is 401 g/mol. The number of sulfonamides is 1. The van der Waals surface area contributed by atoms with Gasteiger partial charge in [0.1, 0.15) is 0 Å². The van der Waals surface area contributed by atoms with E-state index in [4.69, 9.17) is 0 Å². The molecule has 0 spiro atoms. The normalized spacial score (nSPS) is 11.5. The van der Waals surface area contributed by atoms with Crippen LogP contribution in [0, 0.1) is 13.8 Å². The summed E-state index contributed by atoms with van der Waals surface area (Å²) in [4.78, 5) is 0.252.